The highest BCUT2D eigenvalue weighted by atomic mass is 16.4. The van der Waals surface area contributed by atoms with Crippen molar-refractivity contribution >= 4 is 16.9 Å². The fourth-order valence-electron chi connectivity index (χ4n) is 1.80. The first kappa shape index (κ1) is 9.77. The van der Waals surface area contributed by atoms with Crippen molar-refractivity contribution in [1.29, 1.82) is 0 Å². The van der Waals surface area contributed by atoms with E-state index >= 15 is 0 Å². The molecule has 0 saturated heterocycles. The van der Waals surface area contributed by atoms with Gasteiger partial charge >= 0.3 is 5.97 Å². The van der Waals surface area contributed by atoms with Gasteiger partial charge in [0.25, 0.3) is 0 Å². The Hall–Kier alpha value is -1.77. The van der Waals surface area contributed by atoms with Gasteiger partial charge in [0, 0.05) is 17.1 Å². The number of aromatic nitrogens is 1. The number of nitrogens with zero attached hydrogens (tertiary/aromatic N) is 1. The van der Waals surface area contributed by atoms with Crippen LogP contribution in [0.4, 0.5) is 0 Å². The molecule has 1 N–H and O–H groups in total. The third kappa shape index (κ3) is 1.50. The molecule has 2 aromatic rings. The van der Waals surface area contributed by atoms with Crippen LogP contribution in [0, 0.1) is 6.92 Å². The fraction of sp³-hybridized carbons (Fsp3) is 0.250. The van der Waals surface area contributed by atoms with E-state index in [4.69, 9.17) is 5.11 Å². The van der Waals surface area contributed by atoms with E-state index < -0.39 is 12.0 Å². The molecule has 0 bridgehead atoms. The maximum Gasteiger partial charge on any atom is 0.326 e. The molecule has 0 aliphatic carbocycles. The van der Waals surface area contributed by atoms with E-state index in [2.05, 4.69) is 0 Å². The van der Waals surface area contributed by atoms with Crippen LogP contribution in [0.25, 0.3) is 10.9 Å². The average Bonchev–Trinajstić information content (AvgIpc) is 2.61. The molecule has 3 heteroatoms. The molecule has 0 fully saturated rings. The second-order valence-corrected chi connectivity index (χ2v) is 3.74. The number of aliphatic carboxylic acids is 1. The van der Waals surface area contributed by atoms with Crippen LogP contribution in [0.5, 0.6) is 0 Å². The quantitative estimate of drug-likeness (QED) is 0.815. The number of fused-ring (bicyclic) bond motifs is 1. The number of hydrogen-bond acceptors (Lipinski definition) is 1. The zero-order valence-electron chi connectivity index (χ0n) is 8.77. The molecule has 15 heavy (non-hydrogen) atoms. The largest absolute Gasteiger partial charge is 0.480 e. The van der Waals surface area contributed by atoms with Gasteiger partial charge in [-0.05, 0) is 31.5 Å². The molecule has 0 radical (unpaired) electrons. The molecular weight excluding hydrogens is 190 g/mol. The number of benzene rings is 1. The first-order chi connectivity index (χ1) is 7.11. The number of rotatable bonds is 2. The minimum Gasteiger partial charge on any atom is -0.480 e. The monoisotopic (exact) mass is 203 g/mol. The van der Waals surface area contributed by atoms with Gasteiger partial charge in [0.05, 0.1) is 0 Å². The third-order valence-electron chi connectivity index (χ3n) is 2.76. The minimum atomic E-state index is -0.811. The van der Waals surface area contributed by atoms with E-state index in [0.29, 0.717) is 0 Å². The van der Waals surface area contributed by atoms with Crippen molar-refractivity contribution in [2.24, 2.45) is 0 Å². The summed E-state index contributed by atoms with van der Waals surface area (Å²) >= 11 is 0. The average molecular weight is 203 g/mol. The lowest BCUT2D eigenvalue weighted by atomic mass is 10.1. The lowest BCUT2D eigenvalue weighted by Crippen LogP contribution is -2.14. The fourth-order valence-corrected chi connectivity index (χ4v) is 1.80. The van der Waals surface area contributed by atoms with Crippen LogP contribution in [-0.4, -0.2) is 15.6 Å². The SMILES string of the molecule is Cc1cccc2c1ccn2C(C)C(=O)O. The van der Waals surface area contributed by atoms with Gasteiger partial charge in [-0.3, -0.25) is 0 Å². The Bertz CT molecular complexity index is 513. The molecule has 0 aliphatic heterocycles. The molecular formula is C12H13NO2. The molecule has 1 heterocycles. The summed E-state index contributed by atoms with van der Waals surface area (Å²) in [4.78, 5) is 10.9. The summed E-state index contributed by atoms with van der Waals surface area (Å²) in [6.45, 7) is 3.71. The summed E-state index contributed by atoms with van der Waals surface area (Å²) in [5.74, 6) is -0.811. The lowest BCUT2D eigenvalue weighted by molar-refractivity contribution is -0.140. The Kier molecular flexibility index (Phi) is 2.23. The van der Waals surface area contributed by atoms with Gasteiger partial charge in [-0.15, -0.1) is 0 Å². The summed E-state index contributed by atoms with van der Waals surface area (Å²) in [5.41, 5.74) is 2.15. The second-order valence-electron chi connectivity index (χ2n) is 3.74. The minimum absolute atomic E-state index is 0.524. The number of hydrogen-bond donors (Lipinski definition) is 1. The second kappa shape index (κ2) is 3.42. The van der Waals surface area contributed by atoms with Crippen molar-refractivity contribution in [3.05, 3.63) is 36.0 Å². The Morgan fingerprint density at radius 2 is 2.13 bits per heavy atom. The van der Waals surface area contributed by atoms with Crippen molar-refractivity contribution in [1.82, 2.24) is 4.57 Å². The van der Waals surface area contributed by atoms with Gasteiger partial charge in [0.1, 0.15) is 6.04 Å². The van der Waals surface area contributed by atoms with Crippen LogP contribution >= 0.6 is 0 Å². The van der Waals surface area contributed by atoms with Gasteiger partial charge < -0.3 is 9.67 Å². The van der Waals surface area contributed by atoms with Gasteiger partial charge in [-0.1, -0.05) is 12.1 Å². The lowest BCUT2D eigenvalue weighted by Gasteiger charge is -2.10. The zero-order chi connectivity index (χ0) is 11.0. The topological polar surface area (TPSA) is 42.2 Å². The summed E-state index contributed by atoms with van der Waals surface area (Å²) in [5, 5.41) is 10.1. The third-order valence-corrected chi connectivity index (χ3v) is 2.76. The molecule has 3 nitrogen and oxygen atoms in total. The maximum absolute atomic E-state index is 10.9. The van der Waals surface area contributed by atoms with Crippen molar-refractivity contribution < 1.29 is 9.90 Å². The highest BCUT2D eigenvalue weighted by Crippen LogP contribution is 2.22. The summed E-state index contributed by atoms with van der Waals surface area (Å²) in [6, 6.07) is 7.36. The zero-order valence-corrected chi connectivity index (χ0v) is 8.77. The van der Waals surface area contributed by atoms with E-state index in [-0.39, 0.29) is 0 Å². The normalized spacial score (nSPS) is 12.9. The van der Waals surface area contributed by atoms with E-state index in [1.807, 2.05) is 37.4 Å². The van der Waals surface area contributed by atoms with E-state index in [1.165, 1.54) is 5.56 Å². The Labute approximate surface area is 87.9 Å². The molecule has 0 spiro atoms. The number of carboxylic acid groups (broad SMARTS) is 1. The Morgan fingerprint density at radius 1 is 1.40 bits per heavy atom. The van der Waals surface area contributed by atoms with Crippen LogP contribution in [-0.2, 0) is 4.79 Å². The Morgan fingerprint density at radius 3 is 2.80 bits per heavy atom. The van der Waals surface area contributed by atoms with Crippen molar-refractivity contribution in [2.75, 3.05) is 0 Å². The van der Waals surface area contributed by atoms with Crippen LogP contribution < -0.4 is 0 Å². The molecule has 2 rings (SSSR count). The molecule has 0 aliphatic rings. The van der Waals surface area contributed by atoms with Gasteiger partial charge in [-0.25, -0.2) is 4.79 Å². The van der Waals surface area contributed by atoms with E-state index in [9.17, 15) is 4.79 Å². The van der Waals surface area contributed by atoms with Crippen LogP contribution in [0.2, 0.25) is 0 Å². The number of carbonyl (C=O) groups is 1. The summed E-state index contributed by atoms with van der Waals surface area (Å²) in [6.07, 6.45) is 1.83. The molecule has 0 amide bonds. The number of aryl methyl sites for hydroxylation is 1. The maximum atomic E-state index is 10.9. The first-order valence-electron chi connectivity index (χ1n) is 4.90. The van der Waals surface area contributed by atoms with Crippen LogP contribution in [0.1, 0.15) is 18.5 Å². The summed E-state index contributed by atoms with van der Waals surface area (Å²) in [7, 11) is 0. The predicted octanol–water partition coefficient (Wildman–Crippen LogP) is 2.60. The van der Waals surface area contributed by atoms with Crippen molar-refractivity contribution in [3.63, 3.8) is 0 Å². The van der Waals surface area contributed by atoms with E-state index in [1.54, 1.807) is 11.5 Å². The van der Waals surface area contributed by atoms with Crippen LogP contribution in [0.15, 0.2) is 30.5 Å². The molecule has 78 valence electrons. The van der Waals surface area contributed by atoms with Gasteiger partial charge in [0.2, 0.25) is 0 Å². The van der Waals surface area contributed by atoms with Crippen molar-refractivity contribution in [2.45, 2.75) is 19.9 Å². The number of carboxylic acids is 1. The molecule has 1 aromatic heterocycles. The van der Waals surface area contributed by atoms with Gasteiger partial charge in [-0.2, -0.15) is 0 Å². The highest BCUT2D eigenvalue weighted by Gasteiger charge is 2.14. The molecule has 1 atom stereocenters. The molecule has 1 aromatic carbocycles. The summed E-state index contributed by atoms with van der Waals surface area (Å²) < 4.78 is 1.78. The molecule has 1 unspecified atom stereocenters. The standard InChI is InChI=1S/C12H13NO2/c1-8-4-3-5-11-10(8)6-7-13(11)9(2)12(14)15/h3-7,9H,1-2H3,(H,14,15). The molecule has 0 saturated carbocycles. The van der Waals surface area contributed by atoms with Crippen molar-refractivity contribution in [3.8, 4) is 0 Å². The predicted molar refractivity (Wildman–Crippen MR) is 59.0 cm³/mol. The Balaban J connectivity index is 2.64. The van der Waals surface area contributed by atoms with Gasteiger partial charge in [0.15, 0.2) is 0 Å². The first-order valence-corrected chi connectivity index (χ1v) is 4.90. The smallest absolute Gasteiger partial charge is 0.326 e. The highest BCUT2D eigenvalue weighted by molar-refractivity contribution is 5.85. The van der Waals surface area contributed by atoms with E-state index in [0.717, 1.165) is 10.9 Å². The van der Waals surface area contributed by atoms with Crippen LogP contribution in [0.3, 0.4) is 0 Å².